The number of nitrogens with one attached hydrogen (secondary N) is 1. The predicted octanol–water partition coefficient (Wildman–Crippen LogP) is 3.86. The Bertz CT molecular complexity index is 586. The molecule has 0 saturated heterocycles. The van der Waals surface area contributed by atoms with Crippen molar-refractivity contribution in [2.45, 2.75) is 19.9 Å². The molecule has 0 aliphatic carbocycles. The van der Waals surface area contributed by atoms with Gasteiger partial charge >= 0.3 is 0 Å². The van der Waals surface area contributed by atoms with Crippen molar-refractivity contribution in [3.05, 3.63) is 57.8 Å². The standard InChI is InChI=1S/C16H19BrN2O/c1-4-20-13-8-12(9-19-10-13)16(18-3)14-6-5-11(2)7-15(14)17/h5-10,16,18H,4H2,1-3H3. The maximum absolute atomic E-state index is 5.52. The number of hydrogen-bond donors (Lipinski definition) is 1. The van der Waals surface area contributed by atoms with E-state index in [0.717, 1.165) is 15.8 Å². The van der Waals surface area contributed by atoms with Crippen LogP contribution in [0.2, 0.25) is 0 Å². The molecule has 0 amide bonds. The lowest BCUT2D eigenvalue weighted by Gasteiger charge is -2.19. The molecule has 1 atom stereocenters. The summed E-state index contributed by atoms with van der Waals surface area (Å²) in [6.07, 6.45) is 3.61. The summed E-state index contributed by atoms with van der Waals surface area (Å²) in [5, 5.41) is 3.34. The van der Waals surface area contributed by atoms with Gasteiger partial charge in [-0.2, -0.15) is 0 Å². The minimum Gasteiger partial charge on any atom is -0.492 e. The molecule has 20 heavy (non-hydrogen) atoms. The first-order chi connectivity index (χ1) is 9.65. The molecular weight excluding hydrogens is 316 g/mol. The molecule has 106 valence electrons. The number of ether oxygens (including phenoxy) is 1. The van der Waals surface area contributed by atoms with Crippen molar-refractivity contribution in [3.63, 3.8) is 0 Å². The van der Waals surface area contributed by atoms with Crippen LogP contribution in [0.25, 0.3) is 0 Å². The monoisotopic (exact) mass is 334 g/mol. The molecule has 2 rings (SSSR count). The van der Waals surface area contributed by atoms with Gasteiger partial charge in [0, 0.05) is 10.7 Å². The summed E-state index contributed by atoms with van der Waals surface area (Å²) in [6, 6.07) is 8.49. The summed E-state index contributed by atoms with van der Waals surface area (Å²) >= 11 is 3.64. The van der Waals surface area contributed by atoms with Gasteiger partial charge in [0.1, 0.15) is 5.75 Å². The third-order valence-electron chi connectivity index (χ3n) is 3.13. The highest BCUT2D eigenvalue weighted by Crippen LogP contribution is 2.30. The van der Waals surface area contributed by atoms with E-state index in [0.29, 0.717) is 6.61 Å². The number of aromatic nitrogens is 1. The van der Waals surface area contributed by atoms with Crippen LogP contribution in [0.15, 0.2) is 41.1 Å². The first kappa shape index (κ1) is 15.0. The van der Waals surface area contributed by atoms with Crippen LogP contribution in [0.3, 0.4) is 0 Å². The molecule has 1 heterocycles. The lowest BCUT2D eigenvalue weighted by molar-refractivity contribution is 0.338. The van der Waals surface area contributed by atoms with E-state index >= 15 is 0 Å². The minimum atomic E-state index is 0.0814. The topological polar surface area (TPSA) is 34.1 Å². The average Bonchev–Trinajstić information content (AvgIpc) is 2.43. The van der Waals surface area contributed by atoms with Crippen LogP contribution in [0.5, 0.6) is 5.75 Å². The maximum atomic E-state index is 5.52. The van der Waals surface area contributed by atoms with Gasteiger partial charge < -0.3 is 10.1 Å². The smallest absolute Gasteiger partial charge is 0.137 e. The number of halogens is 1. The minimum absolute atomic E-state index is 0.0814. The second kappa shape index (κ2) is 6.86. The fourth-order valence-corrected chi connectivity index (χ4v) is 2.93. The number of nitrogens with zero attached hydrogens (tertiary/aromatic N) is 1. The van der Waals surface area contributed by atoms with Crippen molar-refractivity contribution < 1.29 is 4.74 Å². The van der Waals surface area contributed by atoms with Crippen molar-refractivity contribution >= 4 is 15.9 Å². The third kappa shape index (κ3) is 3.38. The average molecular weight is 335 g/mol. The van der Waals surface area contributed by atoms with E-state index in [1.807, 2.05) is 26.2 Å². The van der Waals surface area contributed by atoms with Gasteiger partial charge in [0.2, 0.25) is 0 Å². The Balaban J connectivity index is 2.38. The molecule has 4 heteroatoms. The van der Waals surface area contributed by atoms with Gasteiger partial charge in [0.05, 0.1) is 18.8 Å². The molecule has 0 bridgehead atoms. The lowest BCUT2D eigenvalue weighted by Crippen LogP contribution is -2.18. The second-order valence-electron chi connectivity index (χ2n) is 4.63. The Morgan fingerprint density at radius 2 is 2.10 bits per heavy atom. The van der Waals surface area contributed by atoms with Gasteiger partial charge in [-0.3, -0.25) is 4.98 Å². The number of hydrogen-bond acceptors (Lipinski definition) is 3. The second-order valence-corrected chi connectivity index (χ2v) is 5.49. The Kier molecular flexibility index (Phi) is 5.15. The number of pyridine rings is 1. The van der Waals surface area contributed by atoms with Crippen LogP contribution >= 0.6 is 15.9 Å². The summed E-state index contributed by atoms with van der Waals surface area (Å²) in [4.78, 5) is 4.26. The number of aryl methyl sites for hydroxylation is 1. The number of benzene rings is 1. The summed E-state index contributed by atoms with van der Waals surface area (Å²) in [5.74, 6) is 0.800. The van der Waals surface area contributed by atoms with E-state index in [4.69, 9.17) is 4.74 Å². The molecule has 3 nitrogen and oxygen atoms in total. The van der Waals surface area contributed by atoms with Gasteiger partial charge in [-0.05, 0) is 49.7 Å². The van der Waals surface area contributed by atoms with E-state index < -0.39 is 0 Å². The summed E-state index contributed by atoms with van der Waals surface area (Å²) in [6.45, 7) is 4.70. The Hall–Kier alpha value is -1.39. The van der Waals surface area contributed by atoms with E-state index in [1.165, 1.54) is 11.1 Å². The van der Waals surface area contributed by atoms with E-state index in [9.17, 15) is 0 Å². The molecule has 0 aliphatic rings. The molecule has 1 aromatic heterocycles. The Morgan fingerprint density at radius 1 is 1.30 bits per heavy atom. The predicted molar refractivity (Wildman–Crippen MR) is 85.2 cm³/mol. The Labute approximate surface area is 128 Å². The van der Waals surface area contributed by atoms with E-state index in [1.54, 1.807) is 6.20 Å². The molecule has 1 unspecified atom stereocenters. The van der Waals surface area contributed by atoms with Gasteiger partial charge in [-0.15, -0.1) is 0 Å². The van der Waals surface area contributed by atoms with Crippen LogP contribution in [-0.2, 0) is 0 Å². The molecule has 0 spiro atoms. The summed E-state index contributed by atoms with van der Waals surface area (Å²) < 4.78 is 6.62. The lowest BCUT2D eigenvalue weighted by atomic mass is 9.99. The van der Waals surface area contributed by atoms with E-state index in [-0.39, 0.29) is 6.04 Å². The van der Waals surface area contributed by atoms with Gasteiger partial charge in [-0.25, -0.2) is 0 Å². The maximum Gasteiger partial charge on any atom is 0.137 e. The van der Waals surface area contributed by atoms with E-state index in [2.05, 4.69) is 51.4 Å². The quantitative estimate of drug-likeness (QED) is 0.901. The largest absolute Gasteiger partial charge is 0.492 e. The molecule has 0 fully saturated rings. The van der Waals surface area contributed by atoms with Gasteiger partial charge in [-0.1, -0.05) is 28.1 Å². The number of rotatable bonds is 5. The van der Waals surface area contributed by atoms with Crippen LogP contribution < -0.4 is 10.1 Å². The highest BCUT2D eigenvalue weighted by Gasteiger charge is 2.16. The van der Waals surface area contributed by atoms with Crippen LogP contribution in [0.4, 0.5) is 0 Å². The summed E-state index contributed by atoms with van der Waals surface area (Å²) in [7, 11) is 1.95. The fourth-order valence-electron chi connectivity index (χ4n) is 2.21. The first-order valence-corrected chi connectivity index (χ1v) is 7.46. The molecule has 0 radical (unpaired) electrons. The summed E-state index contributed by atoms with van der Waals surface area (Å²) in [5.41, 5.74) is 3.51. The molecule has 2 aromatic rings. The molecular formula is C16H19BrN2O. The zero-order valence-electron chi connectivity index (χ0n) is 12.0. The van der Waals surface area contributed by atoms with Crippen LogP contribution in [-0.4, -0.2) is 18.6 Å². The molecule has 0 saturated carbocycles. The highest BCUT2D eigenvalue weighted by atomic mass is 79.9. The van der Waals surface area contributed by atoms with Crippen molar-refractivity contribution in [1.82, 2.24) is 10.3 Å². The van der Waals surface area contributed by atoms with Gasteiger partial charge in [0.25, 0.3) is 0 Å². The fraction of sp³-hybridized carbons (Fsp3) is 0.312. The Morgan fingerprint density at radius 3 is 2.75 bits per heavy atom. The molecule has 1 N–H and O–H groups in total. The normalized spacial score (nSPS) is 12.2. The molecule has 0 aliphatic heterocycles. The zero-order chi connectivity index (χ0) is 14.5. The van der Waals surface area contributed by atoms with Crippen molar-refractivity contribution in [1.29, 1.82) is 0 Å². The van der Waals surface area contributed by atoms with Crippen LogP contribution in [0.1, 0.15) is 29.7 Å². The van der Waals surface area contributed by atoms with Crippen molar-refractivity contribution in [3.8, 4) is 5.75 Å². The van der Waals surface area contributed by atoms with Crippen molar-refractivity contribution in [2.24, 2.45) is 0 Å². The molecule has 1 aromatic carbocycles. The zero-order valence-corrected chi connectivity index (χ0v) is 13.6. The van der Waals surface area contributed by atoms with Crippen molar-refractivity contribution in [2.75, 3.05) is 13.7 Å². The first-order valence-electron chi connectivity index (χ1n) is 6.66. The van der Waals surface area contributed by atoms with Crippen LogP contribution in [0, 0.1) is 6.92 Å². The SMILES string of the molecule is CCOc1cncc(C(NC)c2ccc(C)cc2Br)c1. The highest BCUT2D eigenvalue weighted by molar-refractivity contribution is 9.10. The van der Waals surface area contributed by atoms with Gasteiger partial charge in [0.15, 0.2) is 0 Å². The third-order valence-corrected chi connectivity index (χ3v) is 3.82.